The van der Waals surface area contributed by atoms with Crippen molar-refractivity contribution in [1.29, 1.82) is 5.26 Å². The predicted octanol–water partition coefficient (Wildman–Crippen LogP) is 2.60. The Morgan fingerprint density at radius 1 is 1.41 bits per heavy atom. The van der Waals surface area contributed by atoms with Crippen molar-refractivity contribution < 1.29 is 9.13 Å². The average molecular weight is 236 g/mol. The van der Waals surface area contributed by atoms with Crippen LogP contribution in [0.25, 0.3) is 0 Å². The van der Waals surface area contributed by atoms with Gasteiger partial charge in [-0.3, -0.25) is 0 Å². The van der Waals surface area contributed by atoms with E-state index < -0.39 is 5.41 Å². The molecule has 0 radical (unpaired) electrons. The maximum absolute atomic E-state index is 13.2. The molecule has 0 spiro atoms. The average Bonchev–Trinajstić information content (AvgIpc) is 2.28. The first-order valence-electron chi connectivity index (χ1n) is 5.50. The van der Waals surface area contributed by atoms with E-state index in [1.807, 2.05) is 13.8 Å². The molecule has 4 heteroatoms. The van der Waals surface area contributed by atoms with Crippen LogP contribution in [-0.2, 0) is 6.54 Å². The van der Waals surface area contributed by atoms with Crippen LogP contribution in [-0.4, -0.2) is 6.61 Å². The van der Waals surface area contributed by atoms with Crippen molar-refractivity contribution in [2.24, 2.45) is 11.1 Å². The minimum atomic E-state index is -0.427. The first-order chi connectivity index (χ1) is 7.96. The van der Waals surface area contributed by atoms with Gasteiger partial charge in [0.05, 0.1) is 18.1 Å². The summed E-state index contributed by atoms with van der Waals surface area (Å²) in [5.74, 6) is 0.0988. The molecule has 0 saturated carbocycles. The van der Waals surface area contributed by atoms with Crippen LogP contribution in [0.4, 0.5) is 4.39 Å². The summed E-state index contributed by atoms with van der Waals surface area (Å²) in [5, 5.41) is 8.84. The molecule has 0 aromatic heterocycles. The standard InChI is InChI=1S/C13H17FN2O/c1-13(2,9-16)3-4-17-12-6-10(8-15)5-11(14)7-12/h5-7H,3-4,8,15H2,1-2H3. The van der Waals surface area contributed by atoms with Gasteiger partial charge in [0.2, 0.25) is 0 Å². The van der Waals surface area contributed by atoms with Gasteiger partial charge in [-0.15, -0.1) is 0 Å². The molecule has 0 aliphatic rings. The fraction of sp³-hybridized carbons (Fsp3) is 0.462. The summed E-state index contributed by atoms with van der Waals surface area (Å²) in [6, 6.07) is 6.60. The number of nitrogens with two attached hydrogens (primary N) is 1. The number of nitriles is 1. The number of halogens is 1. The Morgan fingerprint density at radius 3 is 2.71 bits per heavy atom. The zero-order valence-electron chi connectivity index (χ0n) is 10.2. The van der Waals surface area contributed by atoms with Crippen LogP contribution in [0.3, 0.4) is 0 Å². The molecule has 0 aliphatic heterocycles. The van der Waals surface area contributed by atoms with E-state index in [0.29, 0.717) is 24.3 Å². The van der Waals surface area contributed by atoms with Gasteiger partial charge in [0.15, 0.2) is 0 Å². The van der Waals surface area contributed by atoms with E-state index in [2.05, 4.69) is 6.07 Å². The Morgan fingerprint density at radius 2 is 2.12 bits per heavy atom. The fourth-order valence-electron chi connectivity index (χ4n) is 1.30. The van der Waals surface area contributed by atoms with Crippen molar-refractivity contribution in [2.75, 3.05) is 6.61 Å². The van der Waals surface area contributed by atoms with E-state index in [-0.39, 0.29) is 12.4 Å². The number of ether oxygens (including phenoxy) is 1. The molecule has 17 heavy (non-hydrogen) atoms. The highest BCUT2D eigenvalue weighted by Gasteiger charge is 2.16. The van der Waals surface area contributed by atoms with E-state index in [1.165, 1.54) is 12.1 Å². The van der Waals surface area contributed by atoms with E-state index >= 15 is 0 Å². The number of hydrogen-bond acceptors (Lipinski definition) is 3. The Balaban J connectivity index is 2.58. The Labute approximate surface area is 101 Å². The molecule has 1 rings (SSSR count). The molecule has 3 nitrogen and oxygen atoms in total. The molecular formula is C13H17FN2O. The van der Waals surface area contributed by atoms with E-state index in [4.69, 9.17) is 15.7 Å². The maximum atomic E-state index is 13.2. The van der Waals surface area contributed by atoms with Gasteiger partial charge in [0.1, 0.15) is 11.6 Å². The first-order valence-corrected chi connectivity index (χ1v) is 5.50. The number of nitrogens with zero attached hydrogens (tertiary/aromatic N) is 1. The number of benzene rings is 1. The molecule has 0 fully saturated rings. The normalized spacial score (nSPS) is 11.0. The quantitative estimate of drug-likeness (QED) is 0.854. The first kappa shape index (κ1) is 13.5. The van der Waals surface area contributed by atoms with Gasteiger partial charge >= 0.3 is 0 Å². The highest BCUT2D eigenvalue weighted by molar-refractivity contribution is 5.29. The minimum Gasteiger partial charge on any atom is -0.493 e. The topological polar surface area (TPSA) is 59.0 Å². The second-order valence-corrected chi connectivity index (χ2v) is 4.59. The monoisotopic (exact) mass is 236 g/mol. The van der Waals surface area contributed by atoms with E-state index in [1.54, 1.807) is 6.07 Å². The zero-order valence-corrected chi connectivity index (χ0v) is 10.2. The molecule has 0 heterocycles. The van der Waals surface area contributed by atoms with Gasteiger partial charge in [0.25, 0.3) is 0 Å². The van der Waals surface area contributed by atoms with Gasteiger partial charge in [0, 0.05) is 12.6 Å². The van der Waals surface area contributed by atoms with Crippen LogP contribution >= 0.6 is 0 Å². The van der Waals surface area contributed by atoms with Crippen molar-refractivity contribution in [3.63, 3.8) is 0 Å². The van der Waals surface area contributed by atoms with Crippen molar-refractivity contribution in [3.8, 4) is 11.8 Å². The highest BCUT2D eigenvalue weighted by Crippen LogP contribution is 2.21. The van der Waals surface area contributed by atoms with E-state index in [0.717, 1.165) is 0 Å². The lowest BCUT2D eigenvalue weighted by atomic mass is 9.92. The lowest BCUT2D eigenvalue weighted by Gasteiger charge is -2.15. The predicted molar refractivity (Wildman–Crippen MR) is 63.8 cm³/mol. The van der Waals surface area contributed by atoms with Crippen molar-refractivity contribution in [2.45, 2.75) is 26.8 Å². The van der Waals surface area contributed by atoms with Crippen LogP contribution in [0.5, 0.6) is 5.75 Å². The molecule has 0 aliphatic carbocycles. The largest absolute Gasteiger partial charge is 0.493 e. The molecule has 0 saturated heterocycles. The molecule has 2 N–H and O–H groups in total. The van der Waals surface area contributed by atoms with Crippen molar-refractivity contribution in [3.05, 3.63) is 29.6 Å². The van der Waals surface area contributed by atoms with Gasteiger partial charge in [-0.2, -0.15) is 5.26 Å². The Kier molecular flexibility index (Phi) is 4.47. The third-order valence-corrected chi connectivity index (χ3v) is 2.47. The maximum Gasteiger partial charge on any atom is 0.127 e. The van der Waals surface area contributed by atoms with Crippen LogP contribution in [0.1, 0.15) is 25.8 Å². The number of rotatable bonds is 5. The second kappa shape index (κ2) is 5.65. The van der Waals surface area contributed by atoms with Crippen LogP contribution in [0.15, 0.2) is 18.2 Å². The fourth-order valence-corrected chi connectivity index (χ4v) is 1.30. The molecule has 0 unspecified atom stereocenters. The van der Waals surface area contributed by atoms with Gasteiger partial charge in [-0.25, -0.2) is 4.39 Å². The smallest absolute Gasteiger partial charge is 0.127 e. The van der Waals surface area contributed by atoms with Gasteiger partial charge in [-0.1, -0.05) is 0 Å². The van der Waals surface area contributed by atoms with Crippen LogP contribution < -0.4 is 10.5 Å². The van der Waals surface area contributed by atoms with Crippen LogP contribution in [0.2, 0.25) is 0 Å². The lowest BCUT2D eigenvalue weighted by molar-refractivity contribution is 0.263. The SMILES string of the molecule is CC(C)(C#N)CCOc1cc(F)cc(CN)c1. The number of hydrogen-bond donors (Lipinski definition) is 1. The van der Waals surface area contributed by atoms with Gasteiger partial charge in [-0.05, 0) is 38.0 Å². The molecule has 0 bridgehead atoms. The Hall–Kier alpha value is -1.60. The summed E-state index contributed by atoms with van der Waals surface area (Å²) in [7, 11) is 0. The summed E-state index contributed by atoms with van der Waals surface area (Å²) < 4.78 is 18.6. The molecule has 92 valence electrons. The summed E-state index contributed by atoms with van der Waals surface area (Å²) in [5.41, 5.74) is 5.71. The molecule has 0 atom stereocenters. The summed E-state index contributed by atoms with van der Waals surface area (Å²) >= 11 is 0. The summed E-state index contributed by atoms with van der Waals surface area (Å²) in [4.78, 5) is 0. The van der Waals surface area contributed by atoms with Crippen molar-refractivity contribution >= 4 is 0 Å². The lowest BCUT2D eigenvalue weighted by Crippen LogP contribution is -2.13. The second-order valence-electron chi connectivity index (χ2n) is 4.59. The molecule has 1 aromatic carbocycles. The van der Waals surface area contributed by atoms with E-state index in [9.17, 15) is 4.39 Å². The summed E-state index contributed by atoms with van der Waals surface area (Å²) in [6.45, 7) is 4.34. The third-order valence-electron chi connectivity index (χ3n) is 2.47. The molecule has 0 amide bonds. The van der Waals surface area contributed by atoms with Gasteiger partial charge < -0.3 is 10.5 Å². The molecule has 1 aromatic rings. The Bertz CT molecular complexity index is 424. The van der Waals surface area contributed by atoms with Crippen LogP contribution in [0, 0.1) is 22.6 Å². The highest BCUT2D eigenvalue weighted by atomic mass is 19.1. The molecular weight excluding hydrogens is 219 g/mol. The summed E-state index contributed by atoms with van der Waals surface area (Å²) in [6.07, 6.45) is 0.595. The third kappa shape index (κ3) is 4.41. The minimum absolute atomic E-state index is 0.276. The van der Waals surface area contributed by atoms with Crippen molar-refractivity contribution in [1.82, 2.24) is 0 Å². The zero-order chi connectivity index (χ0) is 12.9.